The molecule has 3 aromatic rings. The highest BCUT2D eigenvalue weighted by Gasteiger charge is 2.37. The Labute approximate surface area is 171 Å². The second-order valence-corrected chi connectivity index (χ2v) is 6.52. The summed E-state index contributed by atoms with van der Waals surface area (Å²) in [4.78, 5) is 32.6. The van der Waals surface area contributed by atoms with Crippen LogP contribution < -0.4 is 5.32 Å². The normalized spacial score (nSPS) is 15.1. The van der Waals surface area contributed by atoms with Crippen LogP contribution in [-0.4, -0.2) is 28.3 Å². The zero-order valence-electron chi connectivity index (χ0n) is 15.4. The number of hydrogen-bond donors (Lipinski definition) is 2. The minimum atomic E-state index is -0.768. The van der Waals surface area contributed by atoms with Gasteiger partial charge in [0, 0.05) is 23.3 Å². The van der Waals surface area contributed by atoms with Crippen LogP contribution in [0.15, 0.2) is 66.0 Å². The maximum atomic E-state index is 12.9. The van der Waals surface area contributed by atoms with Crippen LogP contribution in [0.4, 0.5) is 5.69 Å². The quantitative estimate of drug-likeness (QED) is 0.375. The third-order valence-electron chi connectivity index (χ3n) is 4.26. The molecule has 2 aromatic heterocycles. The number of carbonyl (C=O) groups is 2. The average molecular weight is 410 g/mol. The maximum absolute atomic E-state index is 12.9. The van der Waals surface area contributed by atoms with Crippen LogP contribution >= 0.6 is 11.6 Å². The molecule has 3 heterocycles. The number of aromatic amines is 1. The van der Waals surface area contributed by atoms with E-state index in [0.717, 1.165) is 5.39 Å². The number of H-pyrrole nitrogens is 1. The zero-order chi connectivity index (χ0) is 20.4. The van der Waals surface area contributed by atoms with Gasteiger partial charge in [-0.25, -0.2) is 9.78 Å². The van der Waals surface area contributed by atoms with Crippen molar-refractivity contribution in [2.75, 3.05) is 11.9 Å². The molecule has 0 aliphatic carbocycles. The summed E-state index contributed by atoms with van der Waals surface area (Å²) in [6, 6.07) is 10.6. The fourth-order valence-corrected chi connectivity index (χ4v) is 3.11. The molecule has 0 bridgehead atoms. The van der Waals surface area contributed by atoms with Crippen molar-refractivity contribution in [1.82, 2.24) is 9.97 Å². The minimum absolute atomic E-state index is 0.00707. The number of benzene rings is 1. The zero-order valence-corrected chi connectivity index (χ0v) is 16.1. The van der Waals surface area contributed by atoms with E-state index in [2.05, 4.69) is 15.3 Å². The van der Waals surface area contributed by atoms with Gasteiger partial charge >= 0.3 is 5.97 Å². The van der Waals surface area contributed by atoms with Crippen molar-refractivity contribution in [2.24, 2.45) is 0 Å². The van der Waals surface area contributed by atoms with Crippen molar-refractivity contribution in [3.05, 3.63) is 76.6 Å². The Hall–Kier alpha value is -3.58. The predicted octanol–water partition coefficient (Wildman–Crippen LogP) is 4.04. The van der Waals surface area contributed by atoms with E-state index >= 15 is 0 Å². The largest absolute Gasteiger partial charge is 0.462 e. The lowest BCUT2D eigenvalue weighted by Crippen LogP contribution is -2.16. The topological polar surface area (TPSA) is 93.3 Å². The molecule has 29 heavy (non-hydrogen) atoms. The van der Waals surface area contributed by atoms with Crippen molar-refractivity contribution < 1.29 is 19.1 Å². The Bertz CT molecular complexity index is 1180. The SMILES string of the molecule is CCOC(=O)C1=C(Nc2ccccc2Cl)O/C(=C\c2c[nH]c3ncccc23)C1=O. The number of hydrogen-bond acceptors (Lipinski definition) is 6. The number of carbonyl (C=O) groups excluding carboxylic acids is 2. The number of ketones is 1. The van der Waals surface area contributed by atoms with Crippen molar-refractivity contribution >= 4 is 46.2 Å². The smallest absolute Gasteiger partial charge is 0.347 e. The van der Waals surface area contributed by atoms with E-state index < -0.39 is 11.8 Å². The first-order chi connectivity index (χ1) is 14.1. The summed E-state index contributed by atoms with van der Waals surface area (Å²) in [5.74, 6) is -1.37. The summed E-state index contributed by atoms with van der Waals surface area (Å²) >= 11 is 6.18. The summed E-state index contributed by atoms with van der Waals surface area (Å²) in [5, 5.41) is 4.16. The summed E-state index contributed by atoms with van der Waals surface area (Å²) in [5.41, 5.74) is 1.67. The Morgan fingerprint density at radius 2 is 2.14 bits per heavy atom. The molecule has 1 aliphatic heterocycles. The number of esters is 1. The van der Waals surface area contributed by atoms with Crippen LogP contribution in [0, 0.1) is 0 Å². The second-order valence-electron chi connectivity index (χ2n) is 6.11. The molecule has 8 heteroatoms. The molecule has 0 saturated carbocycles. The Morgan fingerprint density at radius 1 is 1.31 bits per heavy atom. The molecule has 0 spiro atoms. The second kappa shape index (κ2) is 7.81. The van der Waals surface area contributed by atoms with Gasteiger partial charge in [0.1, 0.15) is 5.65 Å². The van der Waals surface area contributed by atoms with Crippen LogP contribution in [-0.2, 0) is 19.1 Å². The standard InChI is InChI=1S/C21H16ClN3O4/c1-2-28-21(27)17-18(26)16(10-12-11-24-19-13(12)6-5-9-23-19)29-20(17)25-15-8-4-3-7-14(15)22/h3-11,25H,2H2,1H3,(H,23,24)/b16-10-. The molecule has 0 saturated heterocycles. The van der Waals surface area contributed by atoms with Gasteiger partial charge in [0.05, 0.1) is 17.3 Å². The number of fused-ring (bicyclic) bond motifs is 1. The summed E-state index contributed by atoms with van der Waals surface area (Å²) in [6.45, 7) is 1.79. The number of allylic oxidation sites excluding steroid dienone is 1. The highest BCUT2D eigenvalue weighted by atomic mass is 35.5. The van der Waals surface area contributed by atoms with Crippen LogP contribution in [0.25, 0.3) is 17.1 Å². The van der Waals surface area contributed by atoms with Gasteiger partial charge < -0.3 is 19.8 Å². The highest BCUT2D eigenvalue weighted by Crippen LogP contribution is 2.32. The number of nitrogens with one attached hydrogen (secondary N) is 2. The molecule has 146 valence electrons. The Balaban J connectivity index is 1.72. The van der Waals surface area contributed by atoms with Crippen molar-refractivity contribution in [2.45, 2.75) is 6.92 Å². The molecule has 0 fully saturated rings. The van der Waals surface area contributed by atoms with Crippen molar-refractivity contribution in [3.63, 3.8) is 0 Å². The summed E-state index contributed by atoms with van der Waals surface area (Å²) in [6.07, 6.45) is 4.94. The van der Waals surface area contributed by atoms with Crippen molar-refractivity contribution in [1.29, 1.82) is 0 Å². The molecule has 7 nitrogen and oxygen atoms in total. The van der Waals surface area contributed by atoms with E-state index in [1.54, 1.807) is 55.7 Å². The summed E-state index contributed by atoms with van der Waals surface area (Å²) < 4.78 is 10.8. The van der Waals surface area contributed by atoms with Gasteiger partial charge in [-0.05, 0) is 37.3 Å². The molecule has 0 atom stereocenters. The van der Waals surface area contributed by atoms with Gasteiger partial charge in [0.15, 0.2) is 11.3 Å². The van der Waals surface area contributed by atoms with E-state index in [1.165, 1.54) is 0 Å². The lowest BCUT2D eigenvalue weighted by Gasteiger charge is -2.10. The molecular weight excluding hydrogens is 394 g/mol. The molecule has 1 aromatic carbocycles. The molecule has 1 aliphatic rings. The van der Waals surface area contributed by atoms with E-state index in [4.69, 9.17) is 21.1 Å². The van der Waals surface area contributed by atoms with Gasteiger partial charge in [-0.2, -0.15) is 0 Å². The van der Waals surface area contributed by atoms with Crippen molar-refractivity contribution in [3.8, 4) is 0 Å². The van der Waals surface area contributed by atoms with E-state index in [0.29, 0.717) is 21.9 Å². The minimum Gasteiger partial charge on any atom is -0.462 e. The number of para-hydroxylation sites is 1. The predicted molar refractivity (Wildman–Crippen MR) is 109 cm³/mol. The third kappa shape index (κ3) is 3.60. The highest BCUT2D eigenvalue weighted by molar-refractivity contribution is 6.33. The number of Topliss-reactive ketones (excluding diaryl/α,β-unsaturated/α-hetero) is 1. The number of anilines is 1. The van der Waals surface area contributed by atoms with E-state index in [-0.39, 0.29) is 23.8 Å². The van der Waals surface area contributed by atoms with E-state index in [9.17, 15) is 9.59 Å². The molecule has 0 radical (unpaired) electrons. The number of pyridine rings is 1. The first-order valence-electron chi connectivity index (χ1n) is 8.87. The monoisotopic (exact) mass is 409 g/mol. The Kier molecular flexibility index (Phi) is 5.05. The number of rotatable bonds is 5. The maximum Gasteiger partial charge on any atom is 0.347 e. The fourth-order valence-electron chi connectivity index (χ4n) is 2.93. The van der Waals surface area contributed by atoms with Gasteiger partial charge in [0.2, 0.25) is 11.7 Å². The van der Waals surface area contributed by atoms with Crippen LogP contribution in [0.2, 0.25) is 5.02 Å². The van der Waals surface area contributed by atoms with Crippen LogP contribution in [0.5, 0.6) is 0 Å². The Morgan fingerprint density at radius 3 is 2.93 bits per heavy atom. The van der Waals surface area contributed by atoms with Gasteiger partial charge in [-0.1, -0.05) is 23.7 Å². The fraction of sp³-hybridized carbons (Fsp3) is 0.0952. The van der Waals surface area contributed by atoms with Gasteiger partial charge in [0.25, 0.3) is 0 Å². The first-order valence-corrected chi connectivity index (χ1v) is 9.25. The average Bonchev–Trinajstić information content (AvgIpc) is 3.25. The van der Waals surface area contributed by atoms with Crippen LogP contribution in [0.1, 0.15) is 12.5 Å². The molecular formula is C21H16ClN3O4. The van der Waals surface area contributed by atoms with Gasteiger partial charge in [-0.3, -0.25) is 4.79 Å². The van der Waals surface area contributed by atoms with E-state index in [1.807, 2.05) is 6.07 Å². The van der Waals surface area contributed by atoms with Gasteiger partial charge in [-0.15, -0.1) is 0 Å². The molecule has 4 rings (SSSR count). The number of ether oxygens (including phenoxy) is 2. The number of halogens is 1. The number of nitrogens with zero attached hydrogens (tertiary/aromatic N) is 1. The first kappa shape index (κ1) is 18.8. The molecule has 0 unspecified atom stereocenters. The lowest BCUT2D eigenvalue weighted by atomic mass is 10.1. The lowest BCUT2D eigenvalue weighted by molar-refractivity contribution is -0.139. The summed E-state index contributed by atoms with van der Waals surface area (Å²) in [7, 11) is 0. The molecule has 0 amide bonds. The number of aromatic nitrogens is 2. The third-order valence-corrected chi connectivity index (χ3v) is 4.59. The van der Waals surface area contributed by atoms with Crippen LogP contribution in [0.3, 0.4) is 0 Å². The molecule has 2 N–H and O–H groups in total.